The third kappa shape index (κ3) is 4.45. The van der Waals surface area contributed by atoms with Crippen molar-refractivity contribution in [2.24, 2.45) is 0 Å². The summed E-state index contributed by atoms with van der Waals surface area (Å²) in [5.41, 5.74) is 1.19. The quantitative estimate of drug-likeness (QED) is 0.657. The molecule has 11 heteroatoms. The highest BCUT2D eigenvalue weighted by Gasteiger charge is 2.27. The molecule has 0 aliphatic carbocycles. The van der Waals surface area contributed by atoms with Gasteiger partial charge in [0.1, 0.15) is 5.75 Å². The predicted molar refractivity (Wildman–Crippen MR) is 120 cm³/mol. The highest BCUT2D eigenvalue weighted by molar-refractivity contribution is 7.92. The molecule has 0 unspecified atom stereocenters. The summed E-state index contributed by atoms with van der Waals surface area (Å²) in [5.74, 6) is -0.00278. The minimum Gasteiger partial charge on any atom is -0.495 e. The van der Waals surface area contributed by atoms with Crippen LogP contribution in [0.1, 0.15) is 31.2 Å². The van der Waals surface area contributed by atoms with Crippen LogP contribution in [-0.2, 0) is 31.3 Å². The van der Waals surface area contributed by atoms with Gasteiger partial charge < -0.3 is 10.1 Å². The minimum atomic E-state index is -4.06. The van der Waals surface area contributed by atoms with Crippen molar-refractivity contribution in [2.75, 3.05) is 30.2 Å². The van der Waals surface area contributed by atoms with Crippen LogP contribution < -0.4 is 14.8 Å². The van der Waals surface area contributed by atoms with E-state index in [1.54, 1.807) is 0 Å². The number of anilines is 2. The summed E-state index contributed by atoms with van der Waals surface area (Å²) in [7, 11) is -6.45. The first-order valence-corrected chi connectivity index (χ1v) is 13.3. The normalized spacial score (nSPS) is 17.3. The minimum absolute atomic E-state index is 0.00153. The molecule has 32 heavy (non-hydrogen) atoms. The topological polar surface area (TPSA) is 122 Å². The lowest BCUT2D eigenvalue weighted by atomic mass is 10.2. The summed E-state index contributed by atoms with van der Waals surface area (Å²) < 4.78 is 61.5. The molecular weight excluding hydrogens is 454 g/mol. The number of nitrogens with one attached hydrogen (secondary N) is 2. The van der Waals surface area contributed by atoms with Gasteiger partial charge in [0.25, 0.3) is 10.0 Å². The van der Waals surface area contributed by atoms with Crippen molar-refractivity contribution in [1.82, 2.24) is 4.31 Å². The zero-order valence-electron chi connectivity index (χ0n) is 17.6. The number of ether oxygens (including phenoxy) is 1. The Hall–Kier alpha value is -2.63. The van der Waals surface area contributed by atoms with Gasteiger partial charge in [-0.15, -0.1) is 0 Å². The molecule has 0 aromatic heterocycles. The maximum Gasteiger partial charge on any atom is 0.262 e. The molecule has 2 N–H and O–H groups in total. The number of hydrogen-bond acceptors (Lipinski definition) is 6. The summed E-state index contributed by atoms with van der Waals surface area (Å²) in [6.07, 6.45) is 3.67. The first kappa shape index (κ1) is 22.6. The lowest BCUT2D eigenvalue weighted by Gasteiger charge is -2.21. The molecule has 0 atom stereocenters. The van der Waals surface area contributed by atoms with E-state index in [0.29, 0.717) is 24.3 Å². The fourth-order valence-electron chi connectivity index (χ4n) is 3.93. The van der Waals surface area contributed by atoms with Crippen LogP contribution in [0, 0.1) is 0 Å². The maximum absolute atomic E-state index is 13.2. The number of sulfonamides is 2. The largest absolute Gasteiger partial charge is 0.495 e. The van der Waals surface area contributed by atoms with Gasteiger partial charge in [-0.25, -0.2) is 16.8 Å². The van der Waals surface area contributed by atoms with E-state index in [-0.39, 0.29) is 33.6 Å². The number of methoxy groups -OCH3 is 1. The first-order valence-electron chi connectivity index (χ1n) is 10.3. The van der Waals surface area contributed by atoms with Gasteiger partial charge in [0, 0.05) is 18.8 Å². The summed E-state index contributed by atoms with van der Waals surface area (Å²) in [6.45, 7) is 0.884. The molecule has 2 heterocycles. The smallest absolute Gasteiger partial charge is 0.262 e. The number of carbonyl (C=O) groups is 1. The van der Waals surface area contributed by atoms with E-state index in [4.69, 9.17) is 4.74 Å². The molecule has 4 rings (SSSR count). The fourth-order valence-corrected chi connectivity index (χ4v) is 6.59. The van der Waals surface area contributed by atoms with Crippen molar-refractivity contribution in [3.8, 4) is 5.75 Å². The zero-order valence-corrected chi connectivity index (χ0v) is 19.3. The molecule has 9 nitrogen and oxygen atoms in total. The van der Waals surface area contributed by atoms with Crippen LogP contribution in [0.2, 0.25) is 0 Å². The van der Waals surface area contributed by atoms with Crippen molar-refractivity contribution >= 4 is 37.3 Å². The van der Waals surface area contributed by atoms with Gasteiger partial charge >= 0.3 is 0 Å². The van der Waals surface area contributed by atoms with Gasteiger partial charge in [0.2, 0.25) is 15.9 Å². The Labute approximate surface area is 187 Å². The average molecular weight is 480 g/mol. The van der Waals surface area contributed by atoms with E-state index >= 15 is 0 Å². The molecule has 2 aromatic rings. The van der Waals surface area contributed by atoms with Crippen LogP contribution in [0.25, 0.3) is 0 Å². The molecule has 0 saturated carbocycles. The van der Waals surface area contributed by atoms with E-state index < -0.39 is 20.0 Å². The van der Waals surface area contributed by atoms with Crippen molar-refractivity contribution in [2.45, 2.75) is 41.9 Å². The first-order chi connectivity index (χ1) is 15.2. The van der Waals surface area contributed by atoms with Gasteiger partial charge in [-0.05, 0) is 54.8 Å². The number of amides is 1. The monoisotopic (exact) mass is 479 g/mol. The molecule has 0 radical (unpaired) electrons. The Morgan fingerprint density at radius 2 is 1.62 bits per heavy atom. The van der Waals surface area contributed by atoms with E-state index in [2.05, 4.69) is 10.0 Å². The van der Waals surface area contributed by atoms with E-state index in [0.717, 1.165) is 25.7 Å². The van der Waals surface area contributed by atoms with Gasteiger partial charge in [-0.1, -0.05) is 12.8 Å². The lowest BCUT2D eigenvalue weighted by Crippen LogP contribution is -2.32. The highest BCUT2D eigenvalue weighted by Crippen LogP contribution is 2.32. The van der Waals surface area contributed by atoms with Gasteiger partial charge in [-0.3, -0.25) is 9.52 Å². The van der Waals surface area contributed by atoms with Crippen LogP contribution in [0.4, 0.5) is 11.4 Å². The second-order valence-electron chi connectivity index (χ2n) is 7.83. The van der Waals surface area contributed by atoms with Crippen molar-refractivity contribution in [3.63, 3.8) is 0 Å². The molecule has 2 aliphatic rings. The van der Waals surface area contributed by atoms with E-state index in [9.17, 15) is 21.6 Å². The summed E-state index contributed by atoms with van der Waals surface area (Å²) in [6, 6.07) is 8.50. The number of nitrogens with zero attached hydrogens (tertiary/aromatic N) is 1. The van der Waals surface area contributed by atoms with E-state index in [1.165, 1.54) is 47.8 Å². The predicted octanol–water partition coefficient (Wildman–Crippen LogP) is 2.56. The second-order valence-corrected chi connectivity index (χ2v) is 11.5. The van der Waals surface area contributed by atoms with Crippen molar-refractivity contribution < 1.29 is 26.4 Å². The van der Waals surface area contributed by atoms with Crippen LogP contribution >= 0.6 is 0 Å². The Morgan fingerprint density at radius 3 is 2.31 bits per heavy atom. The van der Waals surface area contributed by atoms with Crippen LogP contribution in [-0.4, -0.2) is 47.2 Å². The number of benzene rings is 2. The average Bonchev–Trinajstić information content (AvgIpc) is 2.94. The molecule has 2 aromatic carbocycles. The second kappa shape index (κ2) is 8.72. The standard InChI is InChI=1S/C21H25N3O6S2/c1-30-20-9-7-17(32(28,29)24-10-4-2-3-5-11-24)14-19(20)23-31(26,27)16-6-8-18-15(12-16)13-21(25)22-18/h6-9,12,14,23H,2-5,10-11,13H2,1H3,(H,22,25). The molecule has 2 aliphatic heterocycles. The number of hydrogen-bond donors (Lipinski definition) is 2. The van der Waals surface area contributed by atoms with Crippen LogP contribution in [0.3, 0.4) is 0 Å². The third-order valence-electron chi connectivity index (χ3n) is 5.63. The fraction of sp³-hybridized carbons (Fsp3) is 0.381. The van der Waals surface area contributed by atoms with Crippen LogP contribution in [0.5, 0.6) is 5.75 Å². The van der Waals surface area contributed by atoms with Crippen LogP contribution in [0.15, 0.2) is 46.2 Å². The summed E-state index contributed by atoms with van der Waals surface area (Å²) in [4.78, 5) is 11.5. The molecule has 1 fully saturated rings. The lowest BCUT2D eigenvalue weighted by molar-refractivity contribution is -0.115. The summed E-state index contributed by atoms with van der Waals surface area (Å²) >= 11 is 0. The summed E-state index contributed by atoms with van der Waals surface area (Å²) in [5, 5.41) is 2.66. The third-order valence-corrected chi connectivity index (χ3v) is 8.89. The van der Waals surface area contributed by atoms with Crippen molar-refractivity contribution in [1.29, 1.82) is 0 Å². The zero-order chi connectivity index (χ0) is 22.9. The Kier molecular flexibility index (Phi) is 6.15. The maximum atomic E-state index is 13.2. The van der Waals surface area contributed by atoms with Crippen molar-refractivity contribution in [3.05, 3.63) is 42.0 Å². The SMILES string of the molecule is COc1ccc(S(=O)(=O)N2CCCCCC2)cc1NS(=O)(=O)c1ccc2c(c1)CC(=O)N2. The molecule has 1 saturated heterocycles. The molecular formula is C21H25N3O6S2. The Balaban J connectivity index is 1.66. The van der Waals surface area contributed by atoms with Gasteiger partial charge in [0.15, 0.2) is 0 Å². The number of carbonyl (C=O) groups excluding carboxylic acids is 1. The number of rotatable bonds is 6. The number of fused-ring (bicyclic) bond motifs is 1. The van der Waals surface area contributed by atoms with E-state index in [1.807, 2.05) is 0 Å². The molecule has 172 valence electrons. The molecule has 1 amide bonds. The van der Waals surface area contributed by atoms with Gasteiger partial charge in [0.05, 0.1) is 29.0 Å². The molecule has 0 bridgehead atoms. The Bertz CT molecular complexity index is 1250. The highest BCUT2D eigenvalue weighted by atomic mass is 32.2. The molecule has 0 spiro atoms. The Morgan fingerprint density at radius 1 is 0.938 bits per heavy atom. The van der Waals surface area contributed by atoms with Gasteiger partial charge in [-0.2, -0.15) is 4.31 Å².